The fraction of sp³-hybridized carbons (Fsp3) is 0.409. The molecule has 3 aromatic rings. The third-order valence-corrected chi connectivity index (χ3v) is 5.87. The Morgan fingerprint density at radius 2 is 1.90 bits per heavy atom. The summed E-state index contributed by atoms with van der Waals surface area (Å²) < 4.78 is 1.80. The van der Waals surface area contributed by atoms with Crippen LogP contribution in [0.15, 0.2) is 42.5 Å². The van der Waals surface area contributed by atoms with Gasteiger partial charge in [0.15, 0.2) is 5.65 Å². The Kier molecular flexibility index (Phi) is 4.56. The van der Waals surface area contributed by atoms with Crippen molar-refractivity contribution in [3.63, 3.8) is 0 Å². The van der Waals surface area contributed by atoms with Gasteiger partial charge in [0, 0.05) is 37.2 Å². The maximum absolute atomic E-state index is 12.0. The van der Waals surface area contributed by atoms with Crippen LogP contribution >= 0.6 is 0 Å². The molecule has 1 amide bonds. The largest absolute Gasteiger partial charge is 0.304 e. The monoisotopic (exact) mass is 390 g/mol. The molecule has 0 radical (unpaired) electrons. The van der Waals surface area contributed by atoms with E-state index in [0.29, 0.717) is 12.0 Å². The van der Waals surface area contributed by atoms with Crippen molar-refractivity contribution in [2.24, 2.45) is 5.92 Å². The van der Waals surface area contributed by atoms with Crippen molar-refractivity contribution >= 4 is 17.5 Å². The molecule has 2 fully saturated rings. The van der Waals surface area contributed by atoms with Gasteiger partial charge in [-0.05, 0) is 44.6 Å². The van der Waals surface area contributed by atoms with Crippen LogP contribution in [-0.4, -0.2) is 63.5 Å². The van der Waals surface area contributed by atoms with Crippen LogP contribution in [0.1, 0.15) is 18.4 Å². The highest BCUT2D eigenvalue weighted by atomic mass is 16.2. The molecule has 1 N–H and O–H groups in total. The average molecular weight is 390 g/mol. The third-order valence-electron chi connectivity index (χ3n) is 5.87. The number of likely N-dealkylation sites (N-methyl/N-ethyl adjacent to an activating group) is 1. The van der Waals surface area contributed by atoms with Crippen molar-refractivity contribution in [2.45, 2.75) is 25.4 Å². The number of nitrogens with one attached hydrogen (secondary N) is 1. The molecular weight excluding hydrogens is 364 g/mol. The highest BCUT2D eigenvalue weighted by Crippen LogP contribution is 2.30. The second-order valence-corrected chi connectivity index (χ2v) is 8.39. The van der Waals surface area contributed by atoms with Crippen LogP contribution in [0.3, 0.4) is 0 Å². The van der Waals surface area contributed by atoms with E-state index in [0.717, 1.165) is 49.4 Å². The molecule has 3 heterocycles. The van der Waals surface area contributed by atoms with Crippen molar-refractivity contribution < 1.29 is 4.79 Å². The van der Waals surface area contributed by atoms with Gasteiger partial charge in [-0.15, -0.1) is 5.10 Å². The van der Waals surface area contributed by atoms with E-state index < -0.39 is 0 Å². The number of anilines is 1. The minimum atomic E-state index is 0.0225. The molecule has 1 saturated heterocycles. The van der Waals surface area contributed by atoms with Crippen LogP contribution in [0.5, 0.6) is 0 Å². The predicted octanol–water partition coefficient (Wildman–Crippen LogP) is 2.49. The Morgan fingerprint density at radius 1 is 1.14 bits per heavy atom. The number of amides is 1. The number of hydrogen-bond acceptors (Lipinski definition) is 5. The number of rotatable bonds is 6. The molecule has 7 nitrogen and oxygen atoms in total. The molecular formula is C22H26N6O. The molecule has 1 aliphatic heterocycles. The lowest BCUT2D eigenvalue weighted by Crippen LogP contribution is -2.56. The molecule has 150 valence electrons. The Morgan fingerprint density at radius 3 is 2.59 bits per heavy atom. The van der Waals surface area contributed by atoms with Crippen molar-refractivity contribution in [3.8, 4) is 11.3 Å². The van der Waals surface area contributed by atoms with Gasteiger partial charge in [-0.3, -0.25) is 15.0 Å². The molecule has 0 unspecified atom stereocenters. The van der Waals surface area contributed by atoms with E-state index >= 15 is 0 Å². The zero-order valence-corrected chi connectivity index (χ0v) is 16.9. The number of benzene rings is 1. The number of fused-ring (bicyclic) bond motifs is 1. The molecule has 7 heteroatoms. The standard InChI is InChI=1S/C22H26N6O/c1-26(2)18-13-27(14-18)12-15-6-8-16(9-7-15)19-4-3-5-20-23-22(25-28(19)20)24-21(29)17-10-11-17/h3-9,17-18H,10-14H2,1-2H3,(H,24,25,29). The highest BCUT2D eigenvalue weighted by Gasteiger charge is 2.30. The lowest BCUT2D eigenvalue weighted by molar-refractivity contribution is -0.117. The summed E-state index contributed by atoms with van der Waals surface area (Å²) in [6, 6.07) is 15.2. The van der Waals surface area contributed by atoms with Gasteiger partial charge < -0.3 is 4.90 Å². The maximum Gasteiger partial charge on any atom is 0.249 e. The zero-order valence-electron chi connectivity index (χ0n) is 16.9. The topological polar surface area (TPSA) is 65.8 Å². The van der Waals surface area contributed by atoms with Gasteiger partial charge in [-0.2, -0.15) is 4.98 Å². The van der Waals surface area contributed by atoms with Crippen LogP contribution in [0.25, 0.3) is 16.9 Å². The Hall–Kier alpha value is -2.77. The van der Waals surface area contributed by atoms with Gasteiger partial charge in [0.05, 0.1) is 5.69 Å². The van der Waals surface area contributed by atoms with Gasteiger partial charge in [0.1, 0.15) is 0 Å². The van der Waals surface area contributed by atoms with Crippen molar-refractivity contribution in [2.75, 3.05) is 32.5 Å². The molecule has 1 aromatic carbocycles. The first kappa shape index (κ1) is 18.3. The van der Waals surface area contributed by atoms with Crippen molar-refractivity contribution in [1.82, 2.24) is 24.4 Å². The summed E-state index contributed by atoms with van der Waals surface area (Å²) >= 11 is 0. The van der Waals surface area contributed by atoms with E-state index in [9.17, 15) is 4.79 Å². The first-order valence-electron chi connectivity index (χ1n) is 10.2. The minimum absolute atomic E-state index is 0.0225. The van der Waals surface area contributed by atoms with E-state index in [4.69, 9.17) is 0 Å². The van der Waals surface area contributed by atoms with Gasteiger partial charge >= 0.3 is 0 Å². The van der Waals surface area contributed by atoms with Crippen LogP contribution in [0.2, 0.25) is 0 Å². The normalized spacial score (nSPS) is 17.6. The van der Waals surface area contributed by atoms with Crippen LogP contribution < -0.4 is 5.32 Å². The summed E-state index contributed by atoms with van der Waals surface area (Å²) in [6.07, 6.45) is 1.92. The first-order valence-corrected chi connectivity index (χ1v) is 10.2. The van der Waals surface area contributed by atoms with E-state index in [1.165, 1.54) is 5.56 Å². The lowest BCUT2D eigenvalue weighted by atomic mass is 10.0. The Labute approximate surface area is 170 Å². The summed E-state index contributed by atoms with van der Waals surface area (Å²) in [5, 5.41) is 7.35. The minimum Gasteiger partial charge on any atom is -0.304 e. The molecule has 0 atom stereocenters. The van der Waals surface area contributed by atoms with E-state index in [1.807, 2.05) is 18.2 Å². The number of hydrogen-bond donors (Lipinski definition) is 1. The molecule has 0 bridgehead atoms. The summed E-state index contributed by atoms with van der Waals surface area (Å²) in [7, 11) is 4.29. The number of carbonyl (C=O) groups is 1. The van der Waals surface area contributed by atoms with E-state index in [-0.39, 0.29) is 11.8 Å². The molecule has 1 aliphatic carbocycles. The summed E-state index contributed by atoms with van der Waals surface area (Å²) in [4.78, 5) is 21.2. The first-order chi connectivity index (χ1) is 14.1. The second-order valence-electron chi connectivity index (χ2n) is 8.39. The average Bonchev–Trinajstić information content (AvgIpc) is 3.44. The molecule has 5 rings (SSSR count). The van der Waals surface area contributed by atoms with Gasteiger partial charge in [-0.25, -0.2) is 4.52 Å². The van der Waals surface area contributed by atoms with Gasteiger partial charge in [0.25, 0.3) is 0 Å². The number of pyridine rings is 1. The van der Waals surface area contributed by atoms with Crippen LogP contribution in [-0.2, 0) is 11.3 Å². The fourth-order valence-electron chi connectivity index (χ4n) is 3.77. The van der Waals surface area contributed by atoms with Crippen LogP contribution in [0, 0.1) is 5.92 Å². The van der Waals surface area contributed by atoms with Crippen LogP contribution in [0.4, 0.5) is 5.95 Å². The summed E-state index contributed by atoms with van der Waals surface area (Å²) in [5.41, 5.74) is 4.09. The SMILES string of the molecule is CN(C)C1CN(Cc2ccc(-c3cccc4nc(NC(=O)C5CC5)nn34)cc2)C1. The third kappa shape index (κ3) is 3.75. The smallest absolute Gasteiger partial charge is 0.249 e. The molecule has 2 aromatic heterocycles. The quantitative estimate of drug-likeness (QED) is 0.701. The highest BCUT2D eigenvalue weighted by molar-refractivity contribution is 5.92. The molecule has 1 saturated carbocycles. The van der Waals surface area contributed by atoms with Gasteiger partial charge in [-0.1, -0.05) is 30.3 Å². The van der Waals surface area contributed by atoms with E-state index in [2.05, 4.69) is 63.6 Å². The summed E-state index contributed by atoms with van der Waals surface area (Å²) in [6.45, 7) is 3.24. The molecule has 2 aliphatic rings. The number of carbonyl (C=O) groups excluding carboxylic acids is 1. The lowest BCUT2D eigenvalue weighted by Gasteiger charge is -2.42. The molecule has 29 heavy (non-hydrogen) atoms. The number of likely N-dealkylation sites (tertiary alicyclic amines) is 1. The Bertz CT molecular complexity index is 1030. The van der Waals surface area contributed by atoms with Gasteiger partial charge in [0.2, 0.25) is 11.9 Å². The van der Waals surface area contributed by atoms with Crippen molar-refractivity contribution in [3.05, 3.63) is 48.0 Å². The summed E-state index contributed by atoms with van der Waals surface area (Å²) in [5.74, 6) is 0.529. The maximum atomic E-state index is 12.0. The number of nitrogens with zero attached hydrogens (tertiary/aromatic N) is 5. The Balaban J connectivity index is 1.32. The number of aromatic nitrogens is 3. The van der Waals surface area contributed by atoms with Crippen molar-refractivity contribution in [1.29, 1.82) is 0 Å². The zero-order chi connectivity index (χ0) is 20.0. The predicted molar refractivity (Wildman–Crippen MR) is 113 cm³/mol. The fourth-order valence-corrected chi connectivity index (χ4v) is 3.77. The molecule has 0 spiro atoms. The second kappa shape index (κ2) is 7.24. The van der Waals surface area contributed by atoms with E-state index in [1.54, 1.807) is 4.52 Å².